The molecule has 0 bridgehead atoms. The van der Waals surface area contributed by atoms with Gasteiger partial charge in [0.25, 0.3) is 0 Å². The lowest BCUT2D eigenvalue weighted by molar-refractivity contribution is 0.403. The Hall–Kier alpha value is -0.0800. The molecular formula is C10H24O2. The maximum atomic E-state index is 4.86. The second kappa shape index (κ2) is 7.56. The molecule has 76 valence electrons. The predicted octanol–water partition coefficient (Wildman–Crippen LogP) is 2.86. The topological polar surface area (TPSA) is 25.1 Å². The maximum absolute atomic E-state index is 4.86. The quantitative estimate of drug-likeness (QED) is 0.604. The molecule has 2 saturated heterocycles. The molecule has 2 atom stereocenters. The minimum Gasteiger partial charge on any atom is -0.373 e. The molecule has 2 heterocycles. The van der Waals surface area contributed by atoms with Crippen molar-refractivity contribution in [2.24, 2.45) is 0 Å². The van der Waals surface area contributed by atoms with Crippen LogP contribution in [0.3, 0.4) is 0 Å². The second-order valence-corrected chi connectivity index (χ2v) is 2.73. The van der Waals surface area contributed by atoms with Crippen LogP contribution in [0.4, 0.5) is 0 Å². The summed E-state index contributed by atoms with van der Waals surface area (Å²) in [5, 5.41) is 0. The molecule has 0 N–H and O–H groups in total. The first kappa shape index (κ1) is 14.4. The highest BCUT2D eigenvalue weighted by molar-refractivity contribution is 4.64. The fourth-order valence-corrected chi connectivity index (χ4v) is 0.607. The predicted molar refractivity (Wildman–Crippen MR) is 53.5 cm³/mol. The number of epoxide rings is 2. The molecule has 0 aromatic heterocycles. The lowest BCUT2D eigenvalue weighted by atomic mass is 10.4. The molecule has 2 heteroatoms. The van der Waals surface area contributed by atoms with Gasteiger partial charge < -0.3 is 9.47 Å². The molecule has 2 rings (SSSR count). The number of hydrogen-bond donors (Lipinski definition) is 0. The van der Waals surface area contributed by atoms with Gasteiger partial charge in [0.2, 0.25) is 0 Å². The summed E-state index contributed by atoms with van der Waals surface area (Å²) >= 11 is 0. The summed E-state index contributed by atoms with van der Waals surface area (Å²) in [7, 11) is 0. The van der Waals surface area contributed by atoms with E-state index in [4.69, 9.17) is 9.47 Å². The Balaban J connectivity index is 0. The van der Waals surface area contributed by atoms with Gasteiger partial charge in [0.05, 0.1) is 25.4 Å². The third-order valence-corrected chi connectivity index (χ3v) is 1.72. The van der Waals surface area contributed by atoms with E-state index in [-0.39, 0.29) is 14.9 Å². The molecular weight excluding hydrogens is 152 g/mol. The molecule has 0 spiro atoms. The zero-order valence-corrected chi connectivity index (χ0v) is 6.80. The first-order chi connectivity index (χ1) is 4.86. The van der Waals surface area contributed by atoms with E-state index in [1.165, 1.54) is 12.8 Å². The lowest BCUT2D eigenvalue weighted by Crippen LogP contribution is -1.73. The minimum atomic E-state index is 0. The zero-order valence-electron chi connectivity index (χ0n) is 6.80. The van der Waals surface area contributed by atoms with Crippen molar-refractivity contribution in [2.75, 3.05) is 13.2 Å². The molecule has 0 radical (unpaired) electrons. The first-order valence-electron chi connectivity index (χ1n) is 4.10. The highest BCUT2D eigenvalue weighted by Crippen LogP contribution is 2.11. The fourth-order valence-electron chi connectivity index (χ4n) is 0.607. The van der Waals surface area contributed by atoms with E-state index in [1.54, 1.807) is 0 Å². The average molecular weight is 176 g/mol. The van der Waals surface area contributed by atoms with Crippen molar-refractivity contribution in [1.82, 2.24) is 0 Å². The Morgan fingerprint density at radius 2 is 1.17 bits per heavy atom. The van der Waals surface area contributed by atoms with Crippen molar-refractivity contribution >= 4 is 0 Å². The largest absolute Gasteiger partial charge is 0.373 e. The van der Waals surface area contributed by atoms with Crippen molar-refractivity contribution in [3.05, 3.63) is 0 Å². The van der Waals surface area contributed by atoms with Crippen LogP contribution in [0.5, 0.6) is 0 Å². The van der Waals surface area contributed by atoms with Crippen molar-refractivity contribution in [2.45, 2.75) is 53.8 Å². The van der Waals surface area contributed by atoms with Crippen LogP contribution in [-0.2, 0) is 9.47 Å². The summed E-state index contributed by atoms with van der Waals surface area (Å²) in [6.07, 6.45) is 3.66. The molecule has 0 aromatic carbocycles. The van der Waals surface area contributed by atoms with Crippen LogP contribution >= 0.6 is 0 Å². The third kappa shape index (κ3) is 8.02. The van der Waals surface area contributed by atoms with Crippen LogP contribution in [0.25, 0.3) is 0 Å². The van der Waals surface area contributed by atoms with Gasteiger partial charge >= 0.3 is 0 Å². The van der Waals surface area contributed by atoms with Crippen LogP contribution in [0, 0.1) is 0 Å². The van der Waals surface area contributed by atoms with E-state index in [9.17, 15) is 0 Å². The van der Waals surface area contributed by atoms with E-state index in [2.05, 4.69) is 13.8 Å². The van der Waals surface area contributed by atoms with E-state index < -0.39 is 0 Å². The highest BCUT2D eigenvalue weighted by atomic mass is 16.6. The third-order valence-electron chi connectivity index (χ3n) is 1.72. The first-order valence-corrected chi connectivity index (χ1v) is 4.10. The minimum absolute atomic E-state index is 0. The van der Waals surface area contributed by atoms with E-state index >= 15 is 0 Å². The van der Waals surface area contributed by atoms with Gasteiger partial charge in [-0.2, -0.15) is 0 Å². The van der Waals surface area contributed by atoms with Gasteiger partial charge in [0.1, 0.15) is 0 Å². The van der Waals surface area contributed by atoms with E-state index in [0.29, 0.717) is 12.2 Å². The van der Waals surface area contributed by atoms with Crippen molar-refractivity contribution < 1.29 is 9.47 Å². The van der Waals surface area contributed by atoms with Gasteiger partial charge in [-0.25, -0.2) is 0 Å². The summed E-state index contributed by atoms with van der Waals surface area (Å²) in [4.78, 5) is 0. The van der Waals surface area contributed by atoms with Gasteiger partial charge in [-0.05, 0) is 12.8 Å². The van der Waals surface area contributed by atoms with Crippen molar-refractivity contribution in [3.63, 3.8) is 0 Å². The second-order valence-electron chi connectivity index (χ2n) is 2.73. The summed E-state index contributed by atoms with van der Waals surface area (Å²) in [5.74, 6) is 0. The molecule has 2 nitrogen and oxygen atoms in total. The molecule has 0 amide bonds. The lowest BCUT2D eigenvalue weighted by Gasteiger charge is -1.69. The van der Waals surface area contributed by atoms with Crippen LogP contribution in [0.1, 0.15) is 41.5 Å². The molecule has 2 aliphatic rings. The summed E-state index contributed by atoms with van der Waals surface area (Å²) in [6, 6.07) is 0. The monoisotopic (exact) mass is 176 g/mol. The number of hydrogen-bond acceptors (Lipinski definition) is 2. The number of ether oxygens (including phenoxy) is 2. The smallest absolute Gasteiger partial charge is 0.0807 e. The molecule has 2 unspecified atom stereocenters. The Morgan fingerprint density at radius 3 is 1.17 bits per heavy atom. The molecule has 12 heavy (non-hydrogen) atoms. The van der Waals surface area contributed by atoms with E-state index in [0.717, 1.165) is 13.2 Å². The standard InChI is InChI=1S/2C4H8O.2CH4/c2*1-2-4-3-5-4;;/h2*4H,2-3H2,1H3;2*1H4. The fraction of sp³-hybridized carbons (Fsp3) is 1.00. The Bertz CT molecular complexity index is 73.8. The van der Waals surface area contributed by atoms with Crippen LogP contribution < -0.4 is 0 Å². The zero-order chi connectivity index (χ0) is 7.40. The number of rotatable bonds is 2. The van der Waals surface area contributed by atoms with Gasteiger partial charge in [0, 0.05) is 0 Å². The van der Waals surface area contributed by atoms with Crippen molar-refractivity contribution in [3.8, 4) is 0 Å². The Labute approximate surface area is 77.3 Å². The Morgan fingerprint density at radius 1 is 0.917 bits per heavy atom. The summed E-state index contributed by atoms with van der Waals surface area (Å²) < 4.78 is 9.72. The summed E-state index contributed by atoms with van der Waals surface area (Å²) in [6.45, 7) is 6.29. The maximum Gasteiger partial charge on any atom is 0.0807 e. The summed E-state index contributed by atoms with van der Waals surface area (Å²) in [5.41, 5.74) is 0. The van der Waals surface area contributed by atoms with Gasteiger partial charge in [-0.15, -0.1) is 0 Å². The van der Waals surface area contributed by atoms with Crippen LogP contribution in [0.15, 0.2) is 0 Å². The molecule has 2 aliphatic heterocycles. The van der Waals surface area contributed by atoms with Gasteiger partial charge in [-0.1, -0.05) is 28.7 Å². The van der Waals surface area contributed by atoms with Crippen molar-refractivity contribution in [1.29, 1.82) is 0 Å². The van der Waals surface area contributed by atoms with Crippen LogP contribution in [0.2, 0.25) is 0 Å². The molecule has 0 aromatic rings. The van der Waals surface area contributed by atoms with E-state index in [1.807, 2.05) is 0 Å². The van der Waals surface area contributed by atoms with Gasteiger partial charge in [-0.3, -0.25) is 0 Å². The van der Waals surface area contributed by atoms with Gasteiger partial charge in [0.15, 0.2) is 0 Å². The normalized spacial score (nSPS) is 28.5. The SMILES string of the molecule is C.C.CCC1CO1.CCC1CO1. The van der Waals surface area contributed by atoms with Crippen LogP contribution in [-0.4, -0.2) is 25.4 Å². The molecule has 0 aliphatic carbocycles. The highest BCUT2D eigenvalue weighted by Gasteiger charge is 2.18. The average Bonchev–Trinajstić information content (AvgIpc) is 2.86. The molecule has 2 fully saturated rings. The Kier molecular flexibility index (Phi) is 9.10. The molecule has 0 saturated carbocycles.